The highest BCUT2D eigenvalue weighted by molar-refractivity contribution is 6.30. The molecule has 2 aliphatic heterocycles. The number of nitro benzene ring substituents is 1. The zero-order valence-corrected chi connectivity index (χ0v) is 17.9. The number of nitro groups is 1. The van der Waals surface area contributed by atoms with Gasteiger partial charge in [-0.2, -0.15) is 0 Å². The summed E-state index contributed by atoms with van der Waals surface area (Å²) in [6, 6.07) is 12.8. The van der Waals surface area contributed by atoms with Crippen molar-refractivity contribution in [3.63, 3.8) is 0 Å². The lowest BCUT2D eigenvalue weighted by molar-refractivity contribution is -0.384. The van der Waals surface area contributed by atoms with Crippen molar-refractivity contribution in [3.8, 4) is 0 Å². The Balaban J connectivity index is 1.60. The first-order chi connectivity index (χ1) is 15.0. The van der Waals surface area contributed by atoms with E-state index in [1.165, 1.54) is 5.56 Å². The van der Waals surface area contributed by atoms with Crippen molar-refractivity contribution in [3.05, 3.63) is 81.4 Å². The van der Waals surface area contributed by atoms with Gasteiger partial charge in [0.1, 0.15) is 0 Å². The SMILES string of the molecule is C=CCNC(=O)[C@H]1Cc2cc([N+](=O)[O-])ccc2N2CCN(Cc3ccc(Cl)cc3)C[C@@H]12. The van der Waals surface area contributed by atoms with Crippen LogP contribution in [0.3, 0.4) is 0 Å². The molecule has 31 heavy (non-hydrogen) atoms. The first-order valence-corrected chi connectivity index (χ1v) is 10.7. The molecule has 1 fully saturated rings. The lowest BCUT2D eigenvalue weighted by atomic mass is 9.83. The maximum atomic E-state index is 13.0. The number of rotatable bonds is 6. The number of anilines is 1. The second kappa shape index (κ2) is 9.08. The summed E-state index contributed by atoms with van der Waals surface area (Å²) in [6.45, 7) is 7.21. The first kappa shape index (κ1) is 21.3. The van der Waals surface area contributed by atoms with E-state index in [4.69, 9.17) is 11.6 Å². The highest BCUT2D eigenvalue weighted by Crippen LogP contribution is 2.38. The molecular weight excluding hydrogens is 416 g/mol. The number of nitrogens with zero attached hydrogens (tertiary/aromatic N) is 3. The molecule has 2 heterocycles. The maximum absolute atomic E-state index is 13.0. The van der Waals surface area contributed by atoms with Crippen LogP contribution in [0.4, 0.5) is 11.4 Å². The minimum absolute atomic E-state index is 0.000165. The summed E-state index contributed by atoms with van der Waals surface area (Å²) in [6.07, 6.45) is 2.14. The molecule has 0 saturated carbocycles. The number of hydrogen-bond acceptors (Lipinski definition) is 5. The molecule has 0 aromatic heterocycles. The number of carbonyl (C=O) groups excluding carboxylic acids is 1. The summed E-state index contributed by atoms with van der Waals surface area (Å²) in [4.78, 5) is 28.5. The molecule has 1 N–H and O–H groups in total. The Morgan fingerprint density at radius 3 is 2.74 bits per heavy atom. The zero-order chi connectivity index (χ0) is 22.0. The van der Waals surface area contributed by atoms with Crippen LogP contribution in [0.5, 0.6) is 0 Å². The summed E-state index contributed by atoms with van der Waals surface area (Å²) >= 11 is 6.01. The number of benzene rings is 2. The summed E-state index contributed by atoms with van der Waals surface area (Å²) < 4.78 is 0. The van der Waals surface area contributed by atoms with Gasteiger partial charge in [0.15, 0.2) is 0 Å². The summed E-state index contributed by atoms with van der Waals surface area (Å²) in [7, 11) is 0. The van der Waals surface area contributed by atoms with Crippen molar-refractivity contribution in [2.24, 2.45) is 5.92 Å². The van der Waals surface area contributed by atoms with E-state index in [2.05, 4.69) is 21.7 Å². The Bertz CT molecular complexity index is 995. The van der Waals surface area contributed by atoms with Crippen molar-refractivity contribution < 1.29 is 9.72 Å². The van der Waals surface area contributed by atoms with Crippen LogP contribution in [0.2, 0.25) is 5.02 Å². The highest BCUT2D eigenvalue weighted by atomic mass is 35.5. The maximum Gasteiger partial charge on any atom is 0.269 e. The van der Waals surface area contributed by atoms with Gasteiger partial charge in [0.25, 0.3) is 5.69 Å². The van der Waals surface area contributed by atoms with Gasteiger partial charge in [0.05, 0.1) is 16.9 Å². The summed E-state index contributed by atoms with van der Waals surface area (Å²) in [5.74, 6) is -0.331. The van der Waals surface area contributed by atoms with Crippen LogP contribution in [-0.4, -0.2) is 48.0 Å². The number of piperazine rings is 1. The van der Waals surface area contributed by atoms with Crippen LogP contribution in [-0.2, 0) is 17.8 Å². The van der Waals surface area contributed by atoms with Gasteiger partial charge < -0.3 is 10.2 Å². The number of non-ortho nitro benzene ring substituents is 1. The molecule has 0 bridgehead atoms. The molecule has 2 aromatic rings. The van der Waals surface area contributed by atoms with Crippen LogP contribution in [0.15, 0.2) is 55.1 Å². The van der Waals surface area contributed by atoms with Gasteiger partial charge in [-0.1, -0.05) is 29.8 Å². The average Bonchev–Trinajstić information content (AvgIpc) is 2.77. The molecule has 2 aliphatic rings. The van der Waals surface area contributed by atoms with E-state index >= 15 is 0 Å². The molecular formula is C23H25ClN4O3. The number of halogens is 1. The van der Waals surface area contributed by atoms with Gasteiger partial charge in [-0.25, -0.2) is 0 Å². The minimum atomic E-state index is -0.386. The fourth-order valence-electron chi connectivity index (χ4n) is 4.58. The van der Waals surface area contributed by atoms with Crippen molar-refractivity contribution in [1.82, 2.24) is 10.2 Å². The molecule has 7 nitrogen and oxygen atoms in total. The Morgan fingerprint density at radius 1 is 1.26 bits per heavy atom. The number of amides is 1. The number of carbonyl (C=O) groups is 1. The third-order valence-corrected chi connectivity index (χ3v) is 6.32. The van der Waals surface area contributed by atoms with Crippen molar-refractivity contribution in [2.45, 2.75) is 19.0 Å². The van der Waals surface area contributed by atoms with Gasteiger partial charge in [-0.15, -0.1) is 6.58 Å². The van der Waals surface area contributed by atoms with E-state index in [1.54, 1.807) is 18.2 Å². The number of nitrogens with one attached hydrogen (secondary N) is 1. The lowest BCUT2D eigenvalue weighted by Crippen LogP contribution is -2.60. The van der Waals surface area contributed by atoms with Gasteiger partial charge in [0.2, 0.25) is 5.91 Å². The van der Waals surface area contributed by atoms with Crippen molar-refractivity contribution in [2.75, 3.05) is 31.1 Å². The van der Waals surface area contributed by atoms with Gasteiger partial charge in [-0.05, 0) is 35.7 Å². The van der Waals surface area contributed by atoms with Crippen LogP contribution >= 0.6 is 11.6 Å². The number of fused-ring (bicyclic) bond motifs is 3. The molecule has 0 aliphatic carbocycles. The van der Waals surface area contributed by atoms with E-state index in [0.717, 1.165) is 37.4 Å². The van der Waals surface area contributed by atoms with E-state index in [0.29, 0.717) is 18.0 Å². The van der Waals surface area contributed by atoms with E-state index in [1.807, 2.05) is 30.3 Å². The lowest BCUT2D eigenvalue weighted by Gasteiger charge is -2.49. The second-order valence-electron chi connectivity index (χ2n) is 8.04. The largest absolute Gasteiger partial charge is 0.365 e. The summed E-state index contributed by atoms with van der Waals surface area (Å²) in [5, 5.41) is 14.9. The standard InChI is InChI=1S/C23H25ClN4O3/c1-2-9-25-23(29)20-13-17-12-19(28(30)31)7-8-21(17)27-11-10-26(15-22(20)27)14-16-3-5-18(24)6-4-16/h2-8,12,20,22H,1,9-11,13-15H2,(H,25,29)/t20-,22-/m0/s1. The molecule has 1 saturated heterocycles. The molecule has 1 amide bonds. The molecule has 4 rings (SSSR count). The monoisotopic (exact) mass is 440 g/mol. The van der Waals surface area contributed by atoms with E-state index < -0.39 is 0 Å². The van der Waals surface area contributed by atoms with Gasteiger partial charge in [-0.3, -0.25) is 19.8 Å². The average molecular weight is 441 g/mol. The predicted octanol–water partition coefficient (Wildman–Crippen LogP) is 3.41. The first-order valence-electron chi connectivity index (χ1n) is 10.4. The third-order valence-electron chi connectivity index (χ3n) is 6.07. The van der Waals surface area contributed by atoms with Crippen LogP contribution in [0.1, 0.15) is 11.1 Å². The molecule has 8 heteroatoms. The van der Waals surface area contributed by atoms with Crippen molar-refractivity contribution >= 4 is 28.9 Å². The zero-order valence-electron chi connectivity index (χ0n) is 17.2. The molecule has 0 spiro atoms. The Morgan fingerprint density at radius 2 is 2.03 bits per heavy atom. The Labute approximate surface area is 186 Å². The number of hydrogen-bond donors (Lipinski definition) is 1. The van der Waals surface area contributed by atoms with E-state index in [-0.39, 0.29) is 28.5 Å². The molecule has 162 valence electrons. The molecule has 2 aromatic carbocycles. The topological polar surface area (TPSA) is 78.7 Å². The fraction of sp³-hybridized carbons (Fsp3) is 0.348. The smallest absolute Gasteiger partial charge is 0.269 e. The molecule has 0 radical (unpaired) electrons. The minimum Gasteiger partial charge on any atom is -0.365 e. The summed E-state index contributed by atoms with van der Waals surface area (Å²) in [5.41, 5.74) is 3.09. The van der Waals surface area contributed by atoms with Gasteiger partial charge >= 0.3 is 0 Å². The Kier molecular flexibility index (Phi) is 6.25. The van der Waals surface area contributed by atoms with E-state index in [9.17, 15) is 14.9 Å². The highest BCUT2D eigenvalue weighted by Gasteiger charge is 2.41. The fourth-order valence-corrected chi connectivity index (χ4v) is 4.70. The quantitative estimate of drug-likeness (QED) is 0.423. The van der Waals surface area contributed by atoms with Crippen molar-refractivity contribution in [1.29, 1.82) is 0 Å². The van der Waals surface area contributed by atoms with Crippen LogP contribution in [0, 0.1) is 16.0 Å². The van der Waals surface area contributed by atoms with Crippen LogP contribution < -0.4 is 10.2 Å². The van der Waals surface area contributed by atoms with Gasteiger partial charge in [0, 0.05) is 55.6 Å². The van der Waals surface area contributed by atoms with Crippen LogP contribution in [0.25, 0.3) is 0 Å². The third kappa shape index (κ3) is 4.57. The Hall–Kier alpha value is -2.90. The molecule has 2 atom stereocenters. The normalized spacial score (nSPS) is 20.5. The predicted molar refractivity (Wildman–Crippen MR) is 121 cm³/mol. The molecule has 0 unspecified atom stereocenters. The second-order valence-corrected chi connectivity index (χ2v) is 8.47.